The molecule has 5 heteroatoms. The fourth-order valence-corrected chi connectivity index (χ4v) is 1.23. The summed E-state index contributed by atoms with van der Waals surface area (Å²) in [5.41, 5.74) is 0.335. The average molecular weight is 209 g/mol. The Morgan fingerprint density at radius 3 is 2.79 bits per heavy atom. The minimum atomic E-state index is -3.74. The van der Waals surface area contributed by atoms with Gasteiger partial charge in [-0.3, -0.25) is 0 Å². The van der Waals surface area contributed by atoms with Gasteiger partial charge in [-0.25, -0.2) is 0 Å². The van der Waals surface area contributed by atoms with Crippen molar-refractivity contribution in [2.24, 2.45) is 0 Å². The monoisotopic (exact) mass is 209 g/mol. The van der Waals surface area contributed by atoms with Gasteiger partial charge in [0.15, 0.2) is 0 Å². The molecule has 0 radical (unpaired) electrons. The Kier molecular flexibility index (Phi) is 2.89. The van der Waals surface area contributed by atoms with E-state index in [4.69, 9.17) is 5.26 Å². The number of benzene rings is 1. The van der Waals surface area contributed by atoms with Crippen LogP contribution < -0.4 is 4.18 Å². The van der Waals surface area contributed by atoms with Gasteiger partial charge in [0.25, 0.3) is 0 Å². The Labute approximate surface area is 82.2 Å². The van der Waals surface area contributed by atoms with Crippen LogP contribution in [0, 0.1) is 11.3 Å². The Bertz CT molecular complexity index is 485. The molecule has 72 valence electrons. The average Bonchev–Trinajstić information content (AvgIpc) is 2.17. The summed E-state index contributed by atoms with van der Waals surface area (Å²) in [6.07, 6.45) is 0. The topological polar surface area (TPSA) is 67.2 Å². The lowest BCUT2D eigenvalue weighted by atomic mass is 10.2. The third kappa shape index (κ3) is 2.61. The van der Waals surface area contributed by atoms with E-state index < -0.39 is 10.1 Å². The van der Waals surface area contributed by atoms with E-state index in [9.17, 15) is 8.42 Å². The molecule has 1 aromatic carbocycles. The van der Waals surface area contributed by atoms with E-state index in [0.29, 0.717) is 11.0 Å². The Hall–Kier alpha value is -1.80. The number of nitriles is 1. The van der Waals surface area contributed by atoms with E-state index in [0.717, 1.165) is 0 Å². The summed E-state index contributed by atoms with van der Waals surface area (Å²) in [5, 5.41) is 9.24. The van der Waals surface area contributed by atoms with Crippen LogP contribution in [0.1, 0.15) is 5.56 Å². The van der Waals surface area contributed by atoms with Crippen LogP contribution in [0.4, 0.5) is 0 Å². The normalized spacial score (nSPS) is 10.2. The van der Waals surface area contributed by atoms with Gasteiger partial charge in [-0.05, 0) is 18.2 Å². The van der Waals surface area contributed by atoms with Crippen molar-refractivity contribution in [2.75, 3.05) is 0 Å². The molecule has 0 N–H and O–H groups in total. The van der Waals surface area contributed by atoms with Gasteiger partial charge >= 0.3 is 10.1 Å². The zero-order valence-electron chi connectivity index (χ0n) is 7.17. The second-order valence-corrected chi connectivity index (χ2v) is 3.87. The first kappa shape index (κ1) is 10.3. The number of hydrogen-bond acceptors (Lipinski definition) is 4. The molecule has 0 aliphatic heterocycles. The fourth-order valence-electron chi connectivity index (χ4n) is 0.786. The summed E-state index contributed by atoms with van der Waals surface area (Å²) in [7, 11) is -3.74. The quantitative estimate of drug-likeness (QED) is 0.706. The predicted molar refractivity (Wildman–Crippen MR) is 50.9 cm³/mol. The third-order valence-corrected chi connectivity index (χ3v) is 2.21. The van der Waals surface area contributed by atoms with Crippen LogP contribution >= 0.6 is 0 Å². The van der Waals surface area contributed by atoms with Crippen LogP contribution in [-0.4, -0.2) is 8.42 Å². The lowest BCUT2D eigenvalue weighted by Gasteiger charge is -2.02. The molecule has 0 fully saturated rings. The Balaban J connectivity index is 3.00. The molecule has 1 rings (SSSR count). The first-order valence-electron chi connectivity index (χ1n) is 3.64. The molecule has 14 heavy (non-hydrogen) atoms. The van der Waals surface area contributed by atoms with E-state index in [1.54, 1.807) is 6.07 Å². The van der Waals surface area contributed by atoms with Crippen molar-refractivity contribution in [3.05, 3.63) is 41.8 Å². The molecule has 0 atom stereocenters. The molecule has 0 bridgehead atoms. The molecule has 1 aromatic rings. The smallest absolute Gasteiger partial charge is 0.331 e. The molecule has 0 saturated heterocycles. The second-order valence-electron chi connectivity index (χ2n) is 2.38. The van der Waals surface area contributed by atoms with Crippen molar-refractivity contribution >= 4 is 10.1 Å². The van der Waals surface area contributed by atoms with Crippen molar-refractivity contribution in [1.82, 2.24) is 0 Å². The van der Waals surface area contributed by atoms with Crippen molar-refractivity contribution in [1.29, 1.82) is 5.26 Å². The number of hydrogen-bond donors (Lipinski definition) is 0. The number of nitrogens with zero attached hydrogens (tertiary/aromatic N) is 1. The third-order valence-electron chi connectivity index (χ3n) is 1.38. The van der Waals surface area contributed by atoms with Gasteiger partial charge in [-0.15, -0.1) is 0 Å². The molecular formula is C9H7NO3S. The maximum Gasteiger partial charge on any atom is 0.331 e. The van der Waals surface area contributed by atoms with E-state index in [1.807, 2.05) is 6.07 Å². The molecule has 0 amide bonds. The van der Waals surface area contributed by atoms with Crippen LogP contribution in [0.2, 0.25) is 0 Å². The standard InChI is InChI=1S/C9H7NO3S/c1-2-14(11,12)13-9-5-3-4-8(6-9)7-10/h2-6H,1H2. The van der Waals surface area contributed by atoms with E-state index >= 15 is 0 Å². The van der Waals surface area contributed by atoms with Crippen molar-refractivity contribution in [2.45, 2.75) is 0 Å². The minimum absolute atomic E-state index is 0.101. The minimum Gasteiger partial charge on any atom is -0.379 e. The fraction of sp³-hybridized carbons (Fsp3) is 0. The van der Waals surface area contributed by atoms with Gasteiger partial charge in [-0.1, -0.05) is 12.6 Å². The van der Waals surface area contributed by atoms with E-state index in [-0.39, 0.29) is 5.75 Å². The highest BCUT2D eigenvalue weighted by Crippen LogP contribution is 2.14. The van der Waals surface area contributed by atoms with Crippen molar-refractivity contribution in [3.8, 4) is 11.8 Å². The number of rotatable bonds is 3. The van der Waals surface area contributed by atoms with Crippen LogP contribution in [-0.2, 0) is 10.1 Å². The van der Waals surface area contributed by atoms with Crippen LogP contribution in [0.25, 0.3) is 0 Å². The molecule has 0 aliphatic carbocycles. The van der Waals surface area contributed by atoms with Gasteiger partial charge in [-0.2, -0.15) is 13.7 Å². The van der Waals surface area contributed by atoms with Gasteiger partial charge in [0.2, 0.25) is 0 Å². The summed E-state index contributed by atoms with van der Waals surface area (Å²) >= 11 is 0. The first-order valence-corrected chi connectivity index (χ1v) is 5.11. The van der Waals surface area contributed by atoms with Crippen molar-refractivity contribution < 1.29 is 12.6 Å². The Morgan fingerprint density at radius 1 is 1.50 bits per heavy atom. The maximum absolute atomic E-state index is 10.9. The molecule has 0 unspecified atom stereocenters. The molecular weight excluding hydrogens is 202 g/mol. The zero-order valence-corrected chi connectivity index (χ0v) is 7.99. The predicted octanol–water partition coefficient (Wildman–Crippen LogP) is 1.41. The summed E-state index contributed by atoms with van der Waals surface area (Å²) < 4.78 is 26.5. The van der Waals surface area contributed by atoms with E-state index in [2.05, 4.69) is 10.8 Å². The van der Waals surface area contributed by atoms with Crippen LogP contribution in [0.15, 0.2) is 36.3 Å². The summed E-state index contributed by atoms with van der Waals surface area (Å²) in [6.45, 7) is 3.09. The van der Waals surface area contributed by atoms with Gasteiger partial charge < -0.3 is 4.18 Å². The van der Waals surface area contributed by atoms with Crippen molar-refractivity contribution in [3.63, 3.8) is 0 Å². The summed E-state index contributed by atoms with van der Waals surface area (Å²) in [5.74, 6) is 0.101. The SMILES string of the molecule is C=CS(=O)(=O)Oc1cccc(C#N)c1. The molecule has 4 nitrogen and oxygen atoms in total. The van der Waals surface area contributed by atoms with Crippen LogP contribution in [0.5, 0.6) is 5.75 Å². The highest BCUT2D eigenvalue weighted by Gasteiger charge is 2.06. The lowest BCUT2D eigenvalue weighted by molar-refractivity contribution is 0.497. The molecule has 0 aliphatic rings. The zero-order chi connectivity index (χ0) is 10.6. The van der Waals surface area contributed by atoms with Gasteiger partial charge in [0, 0.05) is 0 Å². The highest BCUT2D eigenvalue weighted by molar-refractivity contribution is 7.90. The molecule has 0 heterocycles. The first-order chi connectivity index (χ1) is 6.57. The Morgan fingerprint density at radius 2 is 2.21 bits per heavy atom. The van der Waals surface area contributed by atoms with Gasteiger partial charge in [0.1, 0.15) is 5.75 Å². The summed E-state index contributed by atoms with van der Waals surface area (Å²) in [6, 6.07) is 7.73. The van der Waals surface area contributed by atoms with E-state index in [1.165, 1.54) is 18.2 Å². The largest absolute Gasteiger partial charge is 0.379 e. The van der Waals surface area contributed by atoms with Gasteiger partial charge in [0.05, 0.1) is 17.0 Å². The molecule has 0 aromatic heterocycles. The second kappa shape index (κ2) is 3.94. The molecule has 0 saturated carbocycles. The maximum atomic E-state index is 10.9. The van der Waals surface area contributed by atoms with Crippen LogP contribution in [0.3, 0.4) is 0 Å². The lowest BCUT2D eigenvalue weighted by Crippen LogP contribution is -2.04. The molecule has 0 spiro atoms. The summed E-state index contributed by atoms with van der Waals surface area (Å²) in [4.78, 5) is 0. The highest BCUT2D eigenvalue weighted by atomic mass is 32.2.